The highest BCUT2D eigenvalue weighted by atomic mass is 19.1. The quantitative estimate of drug-likeness (QED) is 0.691. The van der Waals surface area contributed by atoms with E-state index < -0.39 is 5.97 Å². The lowest BCUT2D eigenvalue weighted by Crippen LogP contribution is -2.06. The van der Waals surface area contributed by atoms with Crippen molar-refractivity contribution in [1.29, 1.82) is 0 Å². The number of carbonyl (C=O) groups excluding carboxylic acids is 1. The number of hydrogen-bond donors (Lipinski definition) is 0. The van der Waals surface area contributed by atoms with E-state index >= 15 is 0 Å². The van der Waals surface area contributed by atoms with Gasteiger partial charge in [0.05, 0.1) is 11.9 Å². The van der Waals surface area contributed by atoms with Gasteiger partial charge in [-0.25, -0.2) is 14.2 Å². The van der Waals surface area contributed by atoms with Crippen LogP contribution in [0.25, 0.3) is 5.69 Å². The molecular weight excluding hydrogens is 295 g/mol. The fraction of sp³-hybridized carbons (Fsp3) is 0.111. The molecule has 0 aliphatic carbocycles. The summed E-state index contributed by atoms with van der Waals surface area (Å²) < 4.78 is 20.4. The van der Waals surface area contributed by atoms with E-state index in [-0.39, 0.29) is 12.4 Å². The molecule has 5 heteroatoms. The maximum absolute atomic E-state index is 13.2. The van der Waals surface area contributed by atoms with Gasteiger partial charge in [0.15, 0.2) is 0 Å². The van der Waals surface area contributed by atoms with Gasteiger partial charge in [0, 0.05) is 18.1 Å². The molecule has 23 heavy (non-hydrogen) atoms. The van der Waals surface area contributed by atoms with Crippen molar-refractivity contribution in [3.8, 4) is 5.69 Å². The Balaban J connectivity index is 1.63. The first-order valence-corrected chi connectivity index (χ1v) is 7.14. The first-order valence-electron chi connectivity index (χ1n) is 7.14. The van der Waals surface area contributed by atoms with Gasteiger partial charge < -0.3 is 9.30 Å². The van der Waals surface area contributed by atoms with E-state index in [1.807, 2.05) is 35.0 Å². The average molecular weight is 310 g/mol. The second-order valence-electron chi connectivity index (χ2n) is 5.18. The Labute approximate surface area is 133 Å². The summed E-state index contributed by atoms with van der Waals surface area (Å²) in [4.78, 5) is 16.0. The molecule has 4 nitrogen and oxygen atoms in total. The van der Waals surface area contributed by atoms with Gasteiger partial charge in [-0.15, -0.1) is 0 Å². The molecular formula is C18H15FN2O2. The zero-order valence-corrected chi connectivity index (χ0v) is 12.6. The van der Waals surface area contributed by atoms with Crippen LogP contribution in [0.3, 0.4) is 0 Å². The minimum absolute atomic E-state index is 0.166. The monoisotopic (exact) mass is 310 g/mol. The molecule has 2 aromatic carbocycles. The number of hydrogen-bond acceptors (Lipinski definition) is 3. The van der Waals surface area contributed by atoms with Crippen LogP contribution >= 0.6 is 0 Å². The summed E-state index contributed by atoms with van der Waals surface area (Å²) in [5.74, 6) is -0.802. The third kappa shape index (κ3) is 3.45. The Hall–Kier alpha value is -2.95. The fourth-order valence-electron chi connectivity index (χ4n) is 2.18. The summed E-state index contributed by atoms with van der Waals surface area (Å²) in [7, 11) is 0. The number of benzene rings is 2. The van der Waals surface area contributed by atoms with Crippen LogP contribution in [0.4, 0.5) is 4.39 Å². The van der Waals surface area contributed by atoms with Gasteiger partial charge in [0.1, 0.15) is 12.4 Å². The van der Waals surface area contributed by atoms with Crippen LogP contribution in [0.1, 0.15) is 21.5 Å². The van der Waals surface area contributed by atoms with Crippen molar-refractivity contribution in [2.24, 2.45) is 0 Å². The number of ether oxygens (including phenoxy) is 1. The van der Waals surface area contributed by atoms with E-state index in [4.69, 9.17) is 4.74 Å². The lowest BCUT2D eigenvalue weighted by atomic mass is 10.1. The van der Waals surface area contributed by atoms with E-state index in [0.717, 1.165) is 11.3 Å². The smallest absolute Gasteiger partial charge is 0.338 e. The summed E-state index contributed by atoms with van der Waals surface area (Å²) >= 11 is 0. The molecule has 0 unspecified atom stereocenters. The number of nitrogens with zero attached hydrogens (tertiary/aromatic N) is 2. The van der Waals surface area contributed by atoms with Gasteiger partial charge >= 0.3 is 5.97 Å². The molecule has 1 aromatic heterocycles. The van der Waals surface area contributed by atoms with Crippen LogP contribution in [0.15, 0.2) is 61.2 Å². The predicted molar refractivity (Wildman–Crippen MR) is 83.8 cm³/mol. The molecule has 0 saturated carbocycles. The molecule has 0 N–H and O–H groups in total. The van der Waals surface area contributed by atoms with Gasteiger partial charge in [0.2, 0.25) is 0 Å². The minimum Gasteiger partial charge on any atom is -0.457 e. The Morgan fingerprint density at radius 3 is 2.65 bits per heavy atom. The Kier molecular flexibility index (Phi) is 4.19. The largest absolute Gasteiger partial charge is 0.457 e. The summed E-state index contributed by atoms with van der Waals surface area (Å²) in [6.07, 6.45) is 5.28. The molecule has 0 fully saturated rings. The molecule has 0 aliphatic rings. The number of carbonyl (C=O) groups is 1. The van der Waals surface area contributed by atoms with Crippen molar-refractivity contribution in [3.05, 3.63) is 83.7 Å². The van der Waals surface area contributed by atoms with E-state index in [9.17, 15) is 9.18 Å². The standard InChI is InChI=1S/C18H15FN2O2/c1-13-10-15(4-7-17(13)19)18(22)23-11-14-2-5-16(6-3-14)21-9-8-20-12-21/h2-10,12H,11H2,1H3. The number of aryl methyl sites for hydroxylation is 1. The first kappa shape index (κ1) is 15.0. The first-order chi connectivity index (χ1) is 11.1. The lowest BCUT2D eigenvalue weighted by molar-refractivity contribution is 0.0472. The highest BCUT2D eigenvalue weighted by Crippen LogP contribution is 2.13. The van der Waals surface area contributed by atoms with Crippen molar-refractivity contribution in [1.82, 2.24) is 9.55 Å². The van der Waals surface area contributed by atoms with E-state index in [0.29, 0.717) is 11.1 Å². The summed E-state index contributed by atoms with van der Waals surface area (Å²) in [5, 5.41) is 0. The Morgan fingerprint density at radius 2 is 2.00 bits per heavy atom. The third-order valence-corrected chi connectivity index (χ3v) is 3.50. The van der Waals surface area contributed by atoms with Gasteiger partial charge in [-0.05, 0) is 48.4 Å². The minimum atomic E-state index is -0.466. The number of imidazole rings is 1. The van der Waals surface area contributed by atoms with Crippen LogP contribution in [-0.4, -0.2) is 15.5 Å². The van der Waals surface area contributed by atoms with Gasteiger partial charge in [-0.2, -0.15) is 0 Å². The zero-order chi connectivity index (χ0) is 16.2. The number of aromatic nitrogens is 2. The zero-order valence-electron chi connectivity index (χ0n) is 12.6. The molecule has 0 atom stereocenters. The molecule has 0 bridgehead atoms. The predicted octanol–water partition coefficient (Wildman–Crippen LogP) is 3.68. The van der Waals surface area contributed by atoms with Crippen molar-refractivity contribution in [2.45, 2.75) is 13.5 Å². The van der Waals surface area contributed by atoms with E-state index in [1.165, 1.54) is 18.2 Å². The molecule has 0 aliphatic heterocycles. The second kappa shape index (κ2) is 6.44. The highest BCUT2D eigenvalue weighted by molar-refractivity contribution is 5.89. The number of halogens is 1. The number of rotatable bonds is 4. The lowest BCUT2D eigenvalue weighted by Gasteiger charge is -2.07. The molecule has 0 amide bonds. The van der Waals surface area contributed by atoms with Crippen molar-refractivity contribution < 1.29 is 13.9 Å². The maximum Gasteiger partial charge on any atom is 0.338 e. The third-order valence-electron chi connectivity index (χ3n) is 3.50. The Morgan fingerprint density at radius 1 is 1.22 bits per heavy atom. The van der Waals surface area contributed by atoms with E-state index in [1.54, 1.807) is 19.4 Å². The molecule has 3 rings (SSSR count). The van der Waals surface area contributed by atoms with Crippen molar-refractivity contribution >= 4 is 5.97 Å². The van der Waals surface area contributed by atoms with Gasteiger partial charge in [-0.1, -0.05) is 12.1 Å². The van der Waals surface area contributed by atoms with Crippen LogP contribution in [-0.2, 0) is 11.3 Å². The fourth-order valence-corrected chi connectivity index (χ4v) is 2.18. The Bertz CT molecular complexity index is 812. The molecule has 116 valence electrons. The summed E-state index contributed by atoms with van der Waals surface area (Å²) in [6.45, 7) is 1.78. The SMILES string of the molecule is Cc1cc(C(=O)OCc2ccc(-n3ccnc3)cc2)ccc1F. The molecule has 3 aromatic rings. The topological polar surface area (TPSA) is 44.1 Å². The van der Waals surface area contributed by atoms with Crippen LogP contribution < -0.4 is 0 Å². The average Bonchev–Trinajstić information content (AvgIpc) is 3.10. The normalized spacial score (nSPS) is 10.5. The van der Waals surface area contributed by atoms with Crippen LogP contribution in [0.5, 0.6) is 0 Å². The summed E-state index contributed by atoms with van der Waals surface area (Å²) in [5.41, 5.74) is 2.62. The van der Waals surface area contributed by atoms with Crippen LogP contribution in [0, 0.1) is 12.7 Å². The van der Waals surface area contributed by atoms with Crippen LogP contribution in [0.2, 0.25) is 0 Å². The maximum atomic E-state index is 13.2. The van der Waals surface area contributed by atoms with Gasteiger partial charge in [-0.3, -0.25) is 0 Å². The highest BCUT2D eigenvalue weighted by Gasteiger charge is 2.09. The summed E-state index contributed by atoms with van der Waals surface area (Å²) in [6, 6.07) is 11.8. The molecule has 0 saturated heterocycles. The number of esters is 1. The van der Waals surface area contributed by atoms with Gasteiger partial charge in [0.25, 0.3) is 0 Å². The molecule has 1 heterocycles. The van der Waals surface area contributed by atoms with Crippen molar-refractivity contribution in [3.63, 3.8) is 0 Å². The van der Waals surface area contributed by atoms with E-state index in [2.05, 4.69) is 4.98 Å². The second-order valence-corrected chi connectivity index (χ2v) is 5.18. The molecule has 0 spiro atoms. The molecule has 0 radical (unpaired) electrons. The van der Waals surface area contributed by atoms with Crippen molar-refractivity contribution in [2.75, 3.05) is 0 Å².